The number of carbonyl (C=O) groups excluding carboxylic acids is 1. The van der Waals surface area contributed by atoms with Crippen LogP contribution in [-0.4, -0.2) is 68.5 Å². The second-order valence-electron chi connectivity index (χ2n) is 4.79. The number of methoxy groups -OCH3 is 1. The van der Waals surface area contributed by atoms with Crippen LogP contribution < -0.4 is 11.1 Å². The van der Waals surface area contributed by atoms with Crippen molar-refractivity contribution in [2.75, 3.05) is 46.4 Å². The lowest BCUT2D eigenvalue weighted by Crippen LogP contribution is -2.46. The van der Waals surface area contributed by atoms with Gasteiger partial charge in [0.05, 0.1) is 18.6 Å². The second kappa shape index (κ2) is 8.42. The predicted molar refractivity (Wildman–Crippen MR) is 69.1 cm³/mol. The van der Waals surface area contributed by atoms with Gasteiger partial charge in [0.2, 0.25) is 5.91 Å². The molecule has 1 heterocycles. The van der Waals surface area contributed by atoms with E-state index in [1.165, 1.54) is 0 Å². The number of aliphatic hydroxyl groups excluding tert-OH is 1. The van der Waals surface area contributed by atoms with Gasteiger partial charge in [0.15, 0.2) is 0 Å². The van der Waals surface area contributed by atoms with Gasteiger partial charge in [-0.3, -0.25) is 9.69 Å². The van der Waals surface area contributed by atoms with Crippen LogP contribution in [0.4, 0.5) is 0 Å². The minimum Gasteiger partial charge on any atom is -0.389 e. The van der Waals surface area contributed by atoms with Gasteiger partial charge in [-0.15, -0.1) is 0 Å². The molecule has 1 fully saturated rings. The predicted octanol–water partition coefficient (Wildman–Crippen LogP) is -1.22. The fraction of sp³-hybridized carbons (Fsp3) is 0.917. The lowest BCUT2D eigenvalue weighted by Gasteiger charge is -2.33. The molecule has 4 N–H and O–H groups in total. The first-order valence-corrected chi connectivity index (χ1v) is 6.54. The number of ether oxygens (including phenoxy) is 1. The van der Waals surface area contributed by atoms with Gasteiger partial charge in [-0.05, 0) is 19.4 Å². The maximum atomic E-state index is 11.8. The number of hydrogen-bond donors (Lipinski definition) is 3. The minimum atomic E-state index is -0.485. The van der Waals surface area contributed by atoms with Crippen molar-refractivity contribution in [3.8, 4) is 0 Å². The summed E-state index contributed by atoms with van der Waals surface area (Å²) in [6.07, 6.45) is 1.41. The number of rotatable bonds is 7. The average Bonchev–Trinajstić information content (AvgIpc) is 2.36. The molecule has 1 aliphatic rings. The van der Waals surface area contributed by atoms with Gasteiger partial charge in [0.1, 0.15) is 0 Å². The van der Waals surface area contributed by atoms with Crippen molar-refractivity contribution in [3.63, 3.8) is 0 Å². The van der Waals surface area contributed by atoms with Crippen molar-refractivity contribution in [2.24, 2.45) is 11.7 Å². The highest BCUT2D eigenvalue weighted by molar-refractivity contribution is 5.78. The number of carbonyl (C=O) groups is 1. The molecule has 0 bridgehead atoms. The number of hydrogen-bond acceptors (Lipinski definition) is 5. The van der Waals surface area contributed by atoms with Crippen LogP contribution in [0, 0.1) is 5.92 Å². The zero-order valence-corrected chi connectivity index (χ0v) is 11.1. The molecule has 6 heteroatoms. The number of nitrogens with zero attached hydrogens (tertiary/aromatic N) is 1. The van der Waals surface area contributed by atoms with Crippen LogP contribution in [0.15, 0.2) is 0 Å². The van der Waals surface area contributed by atoms with Crippen LogP contribution in [-0.2, 0) is 9.53 Å². The highest BCUT2D eigenvalue weighted by Gasteiger charge is 2.26. The molecule has 6 nitrogen and oxygen atoms in total. The van der Waals surface area contributed by atoms with Crippen LogP contribution in [0.1, 0.15) is 12.8 Å². The summed E-state index contributed by atoms with van der Waals surface area (Å²) in [6.45, 7) is 3.53. The molecule has 1 amide bonds. The molecule has 2 unspecified atom stereocenters. The quantitative estimate of drug-likeness (QED) is 0.533. The van der Waals surface area contributed by atoms with Crippen LogP contribution in [0.25, 0.3) is 0 Å². The van der Waals surface area contributed by atoms with Crippen molar-refractivity contribution in [3.05, 3.63) is 0 Å². The normalized spacial score (nSPS) is 22.7. The molecule has 1 aliphatic heterocycles. The molecule has 18 heavy (non-hydrogen) atoms. The van der Waals surface area contributed by atoms with Gasteiger partial charge < -0.3 is 20.9 Å². The van der Waals surface area contributed by atoms with E-state index in [9.17, 15) is 9.90 Å². The molecular formula is C12H25N3O3. The fourth-order valence-electron chi connectivity index (χ4n) is 2.32. The smallest absolute Gasteiger partial charge is 0.224 e. The second-order valence-corrected chi connectivity index (χ2v) is 4.79. The van der Waals surface area contributed by atoms with Crippen molar-refractivity contribution < 1.29 is 14.6 Å². The Morgan fingerprint density at radius 3 is 3.11 bits per heavy atom. The number of nitrogens with one attached hydrogen (secondary N) is 1. The monoisotopic (exact) mass is 259 g/mol. The maximum Gasteiger partial charge on any atom is 0.224 e. The largest absolute Gasteiger partial charge is 0.389 e. The average molecular weight is 259 g/mol. The molecule has 1 rings (SSSR count). The number of amides is 1. The highest BCUT2D eigenvalue weighted by Crippen LogP contribution is 2.16. The zero-order valence-electron chi connectivity index (χ0n) is 11.1. The van der Waals surface area contributed by atoms with E-state index in [1.54, 1.807) is 7.11 Å². The Morgan fingerprint density at radius 2 is 2.44 bits per heavy atom. The Labute approximate surface area is 108 Å². The molecule has 0 aliphatic carbocycles. The highest BCUT2D eigenvalue weighted by atomic mass is 16.5. The van der Waals surface area contributed by atoms with E-state index < -0.39 is 6.10 Å². The van der Waals surface area contributed by atoms with Crippen LogP contribution >= 0.6 is 0 Å². The first kappa shape index (κ1) is 15.4. The Balaban J connectivity index is 2.33. The van der Waals surface area contributed by atoms with E-state index in [1.807, 2.05) is 0 Å². The molecule has 0 aromatic heterocycles. The third-order valence-corrected chi connectivity index (χ3v) is 3.15. The molecule has 0 spiro atoms. The summed E-state index contributed by atoms with van der Waals surface area (Å²) in [6, 6.07) is 0. The number of β-amino-alcohol motifs (C(OH)–C–C–N with tert-alkyl or cyclic N) is 1. The first-order valence-electron chi connectivity index (χ1n) is 6.54. The summed E-state index contributed by atoms with van der Waals surface area (Å²) in [5, 5.41) is 12.5. The fourth-order valence-corrected chi connectivity index (χ4v) is 2.32. The first-order chi connectivity index (χ1) is 8.67. The summed E-state index contributed by atoms with van der Waals surface area (Å²) in [5.41, 5.74) is 5.36. The molecule has 1 saturated heterocycles. The molecule has 0 aromatic rings. The van der Waals surface area contributed by atoms with Crippen LogP contribution in [0.2, 0.25) is 0 Å². The van der Waals surface area contributed by atoms with Gasteiger partial charge in [0.25, 0.3) is 0 Å². The van der Waals surface area contributed by atoms with Gasteiger partial charge in [-0.25, -0.2) is 0 Å². The molecule has 0 saturated carbocycles. The minimum absolute atomic E-state index is 0.0139. The molecule has 2 atom stereocenters. The third kappa shape index (κ3) is 5.30. The Kier molecular flexibility index (Phi) is 7.19. The molecular weight excluding hydrogens is 234 g/mol. The summed E-state index contributed by atoms with van der Waals surface area (Å²) in [4.78, 5) is 14.0. The van der Waals surface area contributed by atoms with Crippen molar-refractivity contribution in [1.82, 2.24) is 10.2 Å². The van der Waals surface area contributed by atoms with E-state index in [0.717, 1.165) is 19.4 Å². The van der Waals surface area contributed by atoms with Gasteiger partial charge in [0, 0.05) is 33.3 Å². The third-order valence-electron chi connectivity index (χ3n) is 3.15. The summed E-state index contributed by atoms with van der Waals surface area (Å²) < 4.78 is 4.90. The topological polar surface area (TPSA) is 87.8 Å². The summed E-state index contributed by atoms with van der Waals surface area (Å²) in [5.74, 6) is 0.0893. The van der Waals surface area contributed by atoms with E-state index in [-0.39, 0.29) is 11.8 Å². The molecule has 0 aromatic carbocycles. The van der Waals surface area contributed by atoms with E-state index in [0.29, 0.717) is 32.8 Å². The summed E-state index contributed by atoms with van der Waals surface area (Å²) in [7, 11) is 1.57. The van der Waals surface area contributed by atoms with E-state index >= 15 is 0 Å². The van der Waals surface area contributed by atoms with E-state index in [4.69, 9.17) is 10.5 Å². The van der Waals surface area contributed by atoms with Crippen LogP contribution in [0.3, 0.4) is 0 Å². The Bertz CT molecular complexity index is 251. The molecule has 106 valence electrons. The van der Waals surface area contributed by atoms with Gasteiger partial charge in [-0.2, -0.15) is 0 Å². The van der Waals surface area contributed by atoms with Gasteiger partial charge in [-0.1, -0.05) is 0 Å². The zero-order chi connectivity index (χ0) is 13.4. The van der Waals surface area contributed by atoms with E-state index in [2.05, 4.69) is 10.2 Å². The Morgan fingerprint density at radius 1 is 1.67 bits per heavy atom. The van der Waals surface area contributed by atoms with Crippen molar-refractivity contribution in [1.29, 1.82) is 0 Å². The SMILES string of the molecule is COCC(O)CN1CCCC(C(=O)NCCN)C1. The number of nitrogens with two attached hydrogens (primary N) is 1. The maximum absolute atomic E-state index is 11.8. The number of aliphatic hydroxyl groups is 1. The Hall–Kier alpha value is -0.690. The lowest BCUT2D eigenvalue weighted by atomic mass is 9.97. The van der Waals surface area contributed by atoms with Gasteiger partial charge >= 0.3 is 0 Å². The number of likely N-dealkylation sites (tertiary alicyclic amines) is 1. The van der Waals surface area contributed by atoms with Crippen molar-refractivity contribution >= 4 is 5.91 Å². The lowest BCUT2D eigenvalue weighted by molar-refractivity contribution is -0.126. The molecule has 0 radical (unpaired) electrons. The summed E-state index contributed by atoms with van der Waals surface area (Å²) >= 11 is 0. The number of piperidine rings is 1. The standard InChI is InChI=1S/C12H25N3O3/c1-18-9-11(16)8-15-6-2-3-10(7-15)12(17)14-5-4-13/h10-11,16H,2-9,13H2,1H3,(H,14,17). The van der Waals surface area contributed by atoms with Crippen LogP contribution in [0.5, 0.6) is 0 Å². The van der Waals surface area contributed by atoms with Crippen molar-refractivity contribution in [2.45, 2.75) is 18.9 Å².